The minimum absolute atomic E-state index is 0.0424. The smallest absolute Gasteiger partial charge is 0.414 e. The first-order chi connectivity index (χ1) is 8.61. The van der Waals surface area contributed by atoms with Crippen LogP contribution in [-0.2, 0) is 4.79 Å². The van der Waals surface area contributed by atoms with Gasteiger partial charge in [0, 0.05) is 13.0 Å². The molecule has 1 aliphatic heterocycles. The minimum atomic E-state index is -1.18. The number of carbonyl (C=O) groups is 2. The van der Waals surface area contributed by atoms with Crippen molar-refractivity contribution in [2.75, 3.05) is 6.54 Å². The lowest BCUT2D eigenvalue weighted by molar-refractivity contribution is -0.131. The number of likely N-dealkylation sites (tertiary alicyclic amines) is 1. The normalized spacial score (nSPS) is 19.4. The van der Waals surface area contributed by atoms with Gasteiger partial charge in [-0.05, 0) is 30.0 Å². The molecule has 1 heterocycles. The predicted octanol–water partition coefficient (Wildman–Crippen LogP) is 1.94. The molecule has 0 aromatic heterocycles. The number of amides is 2. The van der Waals surface area contributed by atoms with Gasteiger partial charge in [-0.25, -0.2) is 9.69 Å². The van der Waals surface area contributed by atoms with Crippen molar-refractivity contribution in [3.8, 4) is 6.07 Å². The quantitative estimate of drug-likeness (QED) is 0.818. The molecule has 5 nitrogen and oxygen atoms in total. The number of rotatable bonds is 1. The number of benzene rings is 1. The third-order valence-corrected chi connectivity index (χ3v) is 3.17. The van der Waals surface area contributed by atoms with Crippen LogP contribution in [0.5, 0.6) is 0 Å². The van der Waals surface area contributed by atoms with Crippen LogP contribution in [0.1, 0.15) is 29.9 Å². The Labute approximate surface area is 104 Å². The number of nitriles is 1. The largest absolute Gasteiger partial charge is 0.465 e. The highest BCUT2D eigenvalue weighted by atomic mass is 16.4. The molecule has 1 atom stereocenters. The average molecular weight is 244 g/mol. The van der Waals surface area contributed by atoms with Gasteiger partial charge in [0.05, 0.1) is 11.6 Å². The van der Waals surface area contributed by atoms with Gasteiger partial charge in [-0.3, -0.25) is 4.79 Å². The maximum Gasteiger partial charge on any atom is 0.414 e. The van der Waals surface area contributed by atoms with E-state index in [2.05, 4.69) is 0 Å². The summed E-state index contributed by atoms with van der Waals surface area (Å²) < 4.78 is 0. The Morgan fingerprint density at radius 2 is 2.06 bits per heavy atom. The van der Waals surface area contributed by atoms with Gasteiger partial charge in [0.25, 0.3) is 0 Å². The number of hydrogen-bond acceptors (Lipinski definition) is 3. The molecule has 1 unspecified atom stereocenters. The summed E-state index contributed by atoms with van der Waals surface area (Å²) in [6.45, 7) is 0.235. The van der Waals surface area contributed by atoms with Crippen LogP contribution in [-0.4, -0.2) is 28.6 Å². The molecule has 1 fully saturated rings. The Bertz CT molecular complexity index is 516. The molecule has 2 amide bonds. The zero-order chi connectivity index (χ0) is 13.1. The maximum absolute atomic E-state index is 11.6. The molecule has 1 saturated heterocycles. The number of carbonyl (C=O) groups excluding carboxylic acids is 1. The molecule has 0 saturated carbocycles. The fourth-order valence-corrected chi connectivity index (χ4v) is 2.15. The van der Waals surface area contributed by atoms with Crippen LogP contribution < -0.4 is 0 Å². The lowest BCUT2D eigenvalue weighted by atomic mass is 9.89. The van der Waals surface area contributed by atoms with Crippen molar-refractivity contribution in [1.29, 1.82) is 5.26 Å². The van der Waals surface area contributed by atoms with Gasteiger partial charge in [-0.15, -0.1) is 0 Å². The summed E-state index contributed by atoms with van der Waals surface area (Å²) in [5.41, 5.74) is 1.56. The molecule has 5 heteroatoms. The first kappa shape index (κ1) is 12.1. The summed E-state index contributed by atoms with van der Waals surface area (Å²) in [6, 6.07) is 9.11. The fourth-order valence-electron chi connectivity index (χ4n) is 2.15. The summed E-state index contributed by atoms with van der Waals surface area (Å²) in [6.07, 6.45) is -0.347. The standard InChI is InChI=1S/C13H12N2O3/c14-8-9-1-3-10(4-2-9)11-5-6-15(13(17)18)12(16)7-11/h1-4,11H,5-7H2,(H,17,18). The molecule has 92 valence electrons. The van der Waals surface area contributed by atoms with E-state index in [1.165, 1.54) is 0 Å². The Kier molecular flexibility index (Phi) is 3.28. The van der Waals surface area contributed by atoms with Gasteiger partial charge in [-0.1, -0.05) is 12.1 Å². The van der Waals surface area contributed by atoms with Crippen molar-refractivity contribution < 1.29 is 14.7 Å². The molecular weight excluding hydrogens is 232 g/mol. The van der Waals surface area contributed by atoms with Crippen molar-refractivity contribution in [3.63, 3.8) is 0 Å². The van der Waals surface area contributed by atoms with E-state index in [4.69, 9.17) is 10.4 Å². The Morgan fingerprint density at radius 1 is 1.39 bits per heavy atom. The van der Waals surface area contributed by atoms with E-state index in [9.17, 15) is 9.59 Å². The number of hydrogen-bond donors (Lipinski definition) is 1. The third kappa shape index (κ3) is 2.33. The molecule has 2 rings (SSSR count). The molecule has 1 N–H and O–H groups in total. The summed E-state index contributed by atoms with van der Waals surface area (Å²) in [7, 11) is 0. The van der Waals surface area contributed by atoms with Crippen molar-refractivity contribution in [1.82, 2.24) is 4.90 Å². The first-order valence-electron chi connectivity index (χ1n) is 5.65. The van der Waals surface area contributed by atoms with Crippen molar-refractivity contribution in [3.05, 3.63) is 35.4 Å². The Hall–Kier alpha value is -2.35. The molecule has 1 aromatic rings. The highest BCUT2D eigenvalue weighted by Crippen LogP contribution is 2.28. The molecular formula is C13H12N2O3. The van der Waals surface area contributed by atoms with Crippen LogP contribution in [0, 0.1) is 11.3 Å². The second kappa shape index (κ2) is 4.88. The van der Waals surface area contributed by atoms with Gasteiger partial charge in [0.15, 0.2) is 0 Å². The number of imide groups is 1. The lowest BCUT2D eigenvalue weighted by Gasteiger charge is -2.28. The molecule has 0 spiro atoms. The summed E-state index contributed by atoms with van der Waals surface area (Å²) in [5.74, 6) is -0.316. The topological polar surface area (TPSA) is 81.4 Å². The van der Waals surface area contributed by atoms with E-state index in [1.54, 1.807) is 12.1 Å². The van der Waals surface area contributed by atoms with Gasteiger partial charge in [0.2, 0.25) is 5.91 Å². The van der Waals surface area contributed by atoms with Gasteiger partial charge in [-0.2, -0.15) is 5.26 Å². The molecule has 0 radical (unpaired) electrons. The Morgan fingerprint density at radius 3 is 2.56 bits per heavy atom. The van der Waals surface area contributed by atoms with Crippen LogP contribution >= 0.6 is 0 Å². The van der Waals surface area contributed by atoms with Crippen molar-refractivity contribution in [2.45, 2.75) is 18.8 Å². The first-order valence-corrected chi connectivity index (χ1v) is 5.65. The monoisotopic (exact) mass is 244 g/mol. The van der Waals surface area contributed by atoms with Crippen LogP contribution in [0.4, 0.5) is 4.79 Å². The number of carboxylic acid groups (broad SMARTS) is 1. The summed E-state index contributed by atoms with van der Waals surface area (Å²) in [4.78, 5) is 23.3. The zero-order valence-corrected chi connectivity index (χ0v) is 9.67. The minimum Gasteiger partial charge on any atom is -0.465 e. The number of piperidine rings is 1. The Balaban J connectivity index is 2.10. The van der Waals surface area contributed by atoms with E-state index in [0.717, 1.165) is 10.5 Å². The molecule has 0 aliphatic carbocycles. The fraction of sp³-hybridized carbons (Fsp3) is 0.308. The van der Waals surface area contributed by atoms with Crippen LogP contribution in [0.3, 0.4) is 0 Å². The maximum atomic E-state index is 11.6. The predicted molar refractivity (Wildman–Crippen MR) is 62.9 cm³/mol. The van der Waals surface area contributed by atoms with E-state index in [0.29, 0.717) is 12.0 Å². The lowest BCUT2D eigenvalue weighted by Crippen LogP contribution is -2.41. The van der Waals surface area contributed by atoms with Crippen molar-refractivity contribution >= 4 is 12.0 Å². The molecule has 0 bridgehead atoms. The van der Waals surface area contributed by atoms with Gasteiger partial charge >= 0.3 is 6.09 Å². The van der Waals surface area contributed by atoms with E-state index in [1.807, 2.05) is 18.2 Å². The average Bonchev–Trinajstić information content (AvgIpc) is 2.38. The van der Waals surface area contributed by atoms with Crippen LogP contribution in [0.2, 0.25) is 0 Å². The zero-order valence-electron chi connectivity index (χ0n) is 9.67. The highest BCUT2D eigenvalue weighted by Gasteiger charge is 2.30. The molecule has 1 aromatic carbocycles. The number of nitrogens with zero attached hydrogens (tertiary/aromatic N) is 2. The van der Waals surface area contributed by atoms with Crippen LogP contribution in [0.15, 0.2) is 24.3 Å². The second-order valence-electron chi connectivity index (χ2n) is 4.25. The van der Waals surface area contributed by atoms with E-state index >= 15 is 0 Å². The molecule has 18 heavy (non-hydrogen) atoms. The SMILES string of the molecule is N#Cc1ccc(C2CCN(C(=O)O)C(=O)C2)cc1. The highest BCUT2D eigenvalue weighted by molar-refractivity contribution is 5.92. The van der Waals surface area contributed by atoms with E-state index < -0.39 is 6.09 Å². The van der Waals surface area contributed by atoms with Gasteiger partial charge in [0.1, 0.15) is 0 Å². The van der Waals surface area contributed by atoms with Crippen molar-refractivity contribution in [2.24, 2.45) is 0 Å². The van der Waals surface area contributed by atoms with Gasteiger partial charge < -0.3 is 5.11 Å². The second-order valence-corrected chi connectivity index (χ2v) is 4.25. The molecule has 1 aliphatic rings. The third-order valence-electron chi connectivity index (χ3n) is 3.17. The van der Waals surface area contributed by atoms with E-state index in [-0.39, 0.29) is 24.8 Å². The van der Waals surface area contributed by atoms with Crippen LogP contribution in [0.25, 0.3) is 0 Å². The summed E-state index contributed by atoms with van der Waals surface area (Å²) in [5, 5.41) is 17.5. The summed E-state index contributed by atoms with van der Waals surface area (Å²) >= 11 is 0.